The molecule has 0 aromatic carbocycles. The van der Waals surface area contributed by atoms with Crippen LogP contribution in [0.1, 0.15) is 12.8 Å². The second-order valence-electron chi connectivity index (χ2n) is 2.53. The summed E-state index contributed by atoms with van der Waals surface area (Å²) in [6.45, 7) is 0.526. The summed E-state index contributed by atoms with van der Waals surface area (Å²) in [5, 5.41) is 0. The number of cyclic esters (lactones) is 1. The molecule has 1 heterocycles. The lowest BCUT2D eigenvalue weighted by atomic mass is 10.0. The zero-order valence-electron chi connectivity index (χ0n) is 5.59. The lowest BCUT2D eigenvalue weighted by Gasteiger charge is -2.01. The lowest BCUT2D eigenvalue weighted by Crippen LogP contribution is -1.97. The zero-order chi connectivity index (χ0) is 6.97. The summed E-state index contributed by atoms with van der Waals surface area (Å²) in [4.78, 5) is 10.9. The molecule has 0 bridgehead atoms. The van der Waals surface area contributed by atoms with Gasteiger partial charge in [-0.2, -0.15) is 0 Å². The molecule has 2 nitrogen and oxygen atoms in total. The summed E-state index contributed by atoms with van der Waals surface area (Å²) in [7, 11) is 0. The summed E-state index contributed by atoms with van der Waals surface area (Å²) >= 11 is 0. The fraction of sp³-hybridized carbons (Fsp3) is 0.375. The topological polar surface area (TPSA) is 26.3 Å². The van der Waals surface area contributed by atoms with Gasteiger partial charge in [-0.25, -0.2) is 4.79 Å². The summed E-state index contributed by atoms with van der Waals surface area (Å²) in [6, 6.07) is 0. The number of esters is 1. The minimum absolute atomic E-state index is 0.147. The van der Waals surface area contributed by atoms with Crippen molar-refractivity contribution in [3.63, 3.8) is 0 Å². The van der Waals surface area contributed by atoms with Crippen LogP contribution >= 0.6 is 0 Å². The highest BCUT2D eigenvalue weighted by Gasteiger charge is 2.23. The first-order valence-electron chi connectivity index (χ1n) is 3.43. The fourth-order valence-electron chi connectivity index (χ4n) is 1.30. The van der Waals surface area contributed by atoms with Crippen LogP contribution in [0, 0.1) is 0 Å². The summed E-state index contributed by atoms with van der Waals surface area (Å²) in [5.74, 6) is -0.147. The second-order valence-corrected chi connectivity index (χ2v) is 2.53. The van der Waals surface area contributed by atoms with Gasteiger partial charge in [0.15, 0.2) is 0 Å². The van der Waals surface area contributed by atoms with E-state index < -0.39 is 0 Å². The summed E-state index contributed by atoms with van der Waals surface area (Å²) < 4.78 is 4.84. The fourth-order valence-corrected chi connectivity index (χ4v) is 1.30. The van der Waals surface area contributed by atoms with Crippen LogP contribution in [0.4, 0.5) is 0 Å². The highest BCUT2D eigenvalue weighted by molar-refractivity contribution is 5.95. The van der Waals surface area contributed by atoms with Gasteiger partial charge in [-0.3, -0.25) is 0 Å². The van der Waals surface area contributed by atoms with Gasteiger partial charge in [0, 0.05) is 0 Å². The average Bonchev–Trinajstić information content (AvgIpc) is 2.34. The molecule has 0 fully saturated rings. The first-order valence-corrected chi connectivity index (χ1v) is 3.43. The SMILES string of the molecule is O=C1OCC2=C1C=CCC2. The van der Waals surface area contributed by atoms with Crippen molar-refractivity contribution < 1.29 is 9.53 Å². The van der Waals surface area contributed by atoms with E-state index in [2.05, 4.69) is 0 Å². The molecule has 0 aromatic heterocycles. The van der Waals surface area contributed by atoms with Gasteiger partial charge in [-0.1, -0.05) is 12.2 Å². The largest absolute Gasteiger partial charge is 0.458 e. The minimum atomic E-state index is -0.147. The van der Waals surface area contributed by atoms with Crippen LogP contribution in [0.2, 0.25) is 0 Å². The lowest BCUT2D eigenvalue weighted by molar-refractivity contribution is -0.135. The van der Waals surface area contributed by atoms with Crippen molar-refractivity contribution in [2.75, 3.05) is 6.61 Å². The van der Waals surface area contributed by atoms with Crippen molar-refractivity contribution >= 4 is 5.97 Å². The number of hydrogen-bond acceptors (Lipinski definition) is 2. The molecule has 0 aromatic rings. The molecule has 10 heavy (non-hydrogen) atoms. The Morgan fingerprint density at radius 2 is 2.40 bits per heavy atom. The number of ether oxygens (including phenoxy) is 1. The Kier molecular flexibility index (Phi) is 1.13. The van der Waals surface area contributed by atoms with Crippen molar-refractivity contribution in [2.45, 2.75) is 12.8 Å². The Hall–Kier alpha value is -1.05. The number of hydrogen-bond donors (Lipinski definition) is 0. The van der Waals surface area contributed by atoms with Crippen LogP contribution in [0.3, 0.4) is 0 Å². The van der Waals surface area contributed by atoms with Crippen molar-refractivity contribution in [2.24, 2.45) is 0 Å². The van der Waals surface area contributed by atoms with E-state index in [4.69, 9.17) is 4.74 Å². The highest BCUT2D eigenvalue weighted by Crippen LogP contribution is 2.25. The van der Waals surface area contributed by atoms with Crippen molar-refractivity contribution in [3.8, 4) is 0 Å². The van der Waals surface area contributed by atoms with E-state index in [1.54, 1.807) is 0 Å². The number of carbonyl (C=O) groups excluding carboxylic acids is 1. The van der Waals surface area contributed by atoms with E-state index in [1.165, 1.54) is 5.57 Å². The highest BCUT2D eigenvalue weighted by atomic mass is 16.5. The Morgan fingerprint density at radius 1 is 1.50 bits per heavy atom. The summed E-state index contributed by atoms with van der Waals surface area (Å²) in [5.41, 5.74) is 1.97. The first-order chi connectivity index (χ1) is 4.88. The van der Waals surface area contributed by atoms with Crippen LogP contribution in [-0.2, 0) is 9.53 Å². The Bertz CT molecular complexity index is 232. The van der Waals surface area contributed by atoms with Crippen LogP contribution in [0.15, 0.2) is 23.3 Å². The van der Waals surface area contributed by atoms with Gasteiger partial charge in [-0.15, -0.1) is 0 Å². The molecule has 0 atom stereocenters. The summed E-state index contributed by atoms with van der Waals surface area (Å²) in [6.07, 6.45) is 5.94. The van der Waals surface area contributed by atoms with Gasteiger partial charge in [0.25, 0.3) is 0 Å². The molecule has 1 aliphatic carbocycles. The Balaban J connectivity index is 2.38. The van der Waals surface area contributed by atoms with Crippen LogP contribution in [0.5, 0.6) is 0 Å². The van der Waals surface area contributed by atoms with Crippen molar-refractivity contribution in [3.05, 3.63) is 23.3 Å². The normalized spacial score (nSPS) is 23.0. The predicted octanol–water partition coefficient (Wildman–Crippen LogP) is 1.19. The Labute approximate surface area is 59.2 Å². The van der Waals surface area contributed by atoms with E-state index in [0.717, 1.165) is 18.4 Å². The van der Waals surface area contributed by atoms with E-state index in [1.807, 2.05) is 12.2 Å². The van der Waals surface area contributed by atoms with Crippen molar-refractivity contribution in [1.29, 1.82) is 0 Å². The molecule has 0 N–H and O–H groups in total. The monoisotopic (exact) mass is 136 g/mol. The molecule has 2 heteroatoms. The molecule has 0 spiro atoms. The van der Waals surface area contributed by atoms with Crippen LogP contribution in [0.25, 0.3) is 0 Å². The second kappa shape index (κ2) is 1.97. The van der Waals surface area contributed by atoms with Crippen LogP contribution < -0.4 is 0 Å². The smallest absolute Gasteiger partial charge is 0.338 e. The quantitative estimate of drug-likeness (QED) is 0.467. The van der Waals surface area contributed by atoms with Crippen LogP contribution in [-0.4, -0.2) is 12.6 Å². The van der Waals surface area contributed by atoms with Gasteiger partial charge >= 0.3 is 5.97 Å². The molecular formula is C8H8O2. The first kappa shape index (κ1) is 5.71. The average molecular weight is 136 g/mol. The zero-order valence-corrected chi connectivity index (χ0v) is 5.59. The van der Waals surface area contributed by atoms with Gasteiger partial charge in [-0.05, 0) is 18.4 Å². The molecule has 2 rings (SSSR count). The molecule has 0 saturated carbocycles. The molecule has 1 aliphatic heterocycles. The number of carbonyl (C=O) groups is 1. The third kappa shape index (κ3) is 0.685. The predicted molar refractivity (Wildman–Crippen MR) is 36.4 cm³/mol. The third-order valence-electron chi connectivity index (χ3n) is 1.88. The standard InChI is InChI=1S/C8H8O2/c9-8-7-4-2-1-3-6(7)5-10-8/h2,4H,1,3,5H2. The number of allylic oxidation sites excluding steroid dienone is 1. The van der Waals surface area contributed by atoms with Gasteiger partial charge in [0.1, 0.15) is 6.61 Å². The molecule has 2 aliphatic rings. The maximum absolute atomic E-state index is 10.9. The third-order valence-corrected chi connectivity index (χ3v) is 1.88. The number of rotatable bonds is 0. The molecule has 52 valence electrons. The van der Waals surface area contributed by atoms with Gasteiger partial charge < -0.3 is 4.74 Å². The maximum atomic E-state index is 10.9. The Morgan fingerprint density at radius 3 is 3.20 bits per heavy atom. The van der Waals surface area contributed by atoms with Gasteiger partial charge in [0.2, 0.25) is 0 Å². The van der Waals surface area contributed by atoms with E-state index in [0.29, 0.717) is 6.61 Å². The maximum Gasteiger partial charge on any atom is 0.338 e. The van der Waals surface area contributed by atoms with Crippen molar-refractivity contribution in [1.82, 2.24) is 0 Å². The van der Waals surface area contributed by atoms with Gasteiger partial charge in [0.05, 0.1) is 5.57 Å². The van der Waals surface area contributed by atoms with E-state index in [9.17, 15) is 4.79 Å². The molecule has 0 saturated heterocycles. The van der Waals surface area contributed by atoms with E-state index >= 15 is 0 Å². The molecule has 0 radical (unpaired) electrons. The minimum Gasteiger partial charge on any atom is -0.458 e. The van der Waals surface area contributed by atoms with E-state index in [-0.39, 0.29) is 5.97 Å². The molecule has 0 amide bonds. The molecule has 0 unspecified atom stereocenters. The molecular weight excluding hydrogens is 128 g/mol.